The summed E-state index contributed by atoms with van der Waals surface area (Å²) in [7, 11) is 1.75. The van der Waals surface area contributed by atoms with E-state index < -0.39 is 18.1 Å². The number of carbonyl (C=O) groups is 1. The molecule has 1 aliphatic heterocycles. The van der Waals surface area contributed by atoms with Gasteiger partial charge in [0.25, 0.3) is 0 Å². The number of hydrogen-bond acceptors (Lipinski definition) is 6. The minimum atomic E-state index is -0.791. The minimum Gasteiger partial charge on any atom is -0.425 e. The van der Waals surface area contributed by atoms with Gasteiger partial charge in [-0.25, -0.2) is 14.2 Å². The molecule has 1 amide bonds. The van der Waals surface area contributed by atoms with Crippen molar-refractivity contribution in [2.24, 2.45) is 0 Å². The molecule has 1 unspecified atom stereocenters. The van der Waals surface area contributed by atoms with Crippen LogP contribution in [-0.4, -0.2) is 60.2 Å². The second-order valence-electron chi connectivity index (χ2n) is 12.6. The van der Waals surface area contributed by atoms with Crippen molar-refractivity contribution in [3.8, 4) is 11.1 Å². The molecule has 2 heterocycles. The van der Waals surface area contributed by atoms with Crippen LogP contribution >= 0.6 is 0 Å². The molecule has 246 valence electrons. The summed E-state index contributed by atoms with van der Waals surface area (Å²) in [4.78, 5) is 32.2. The van der Waals surface area contributed by atoms with Crippen molar-refractivity contribution >= 4 is 22.9 Å². The Hall–Kier alpha value is -4.04. The molecule has 3 aromatic carbocycles. The number of aromatic nitrogens is 1. The Morgan fingerprint density at radius 1 is 0.848 bits per heavy atom. The average molecular weight is 627 g/mol. The first-order valence-corrected chi connectivity index (χ1v) is 17.1. The SMILES string of the molecule is CCCCCCCCCCN(C)C(=O)OC(C)n1c(=O)oc2c(N3CCN(Cc4cccc(-c5ccccc5)c4)CC3)cccc21. The van der Waals surface area contributed by atoms with Crippen molar-refractivity contribution in [3.05, 3.63) is 88.9 Å². The number of unbranched alkanes of at least 4 members (excludes halogenated alkanes) is 7. The molecule has 1 aliphatic rings. The van der Waals surface area contributed by atoms with E-state index in [1.807, 2.05) is 24.3 Å². The zero-order chi connectivity index (χ0) is 32.3. The number of oxazole rings is 1. The van der Waals surface area contributed by atoms with E-state index >= 15 is 0 Å². The van der Waals surface area contributed by atoms with Crippen LogP contribution in [0.25, 0.3) is 22.2 Å². The van der Waals surface area contributed by atoms with Crippen LogP contribution in [0.2, 0.25) is 0 Å². The predicted octanol–water partition coefficient (Wildman–Crippen LogP) is 8.31. The van der Waals surface area contributed by atoms with Gasteiger partial charge in [0.15, 0.2) is 11.8 Å². The molecule has 0 spiro atoms. The molecule has 8 heteroatoms. The summed E-state index contributed by atoms with van der Waals surface area (Å²) in [5, 5.41) is 0. The van der Waals surface area contributed by atoms with Gasteiger partial charge in [0.05, 0.1) is 11.2 Å². The molecule has 0 aliphatic carbocycles. The number of carbonyl (C=O) groups excluding carboxylic acids is 1. The fourth-order valence-corrected chi connectivity index (χ4v) is 6.38. The minimum absolute atomic E-state index is 0.432. The fraction of sp³-hybridized carbons (Fsp3) is 0.474. The van der Waals surface area contributed by atoms with Gasteiger partial charge < -0.3 is 19.0 Å². The smallest absolute Gasteiger partial charge is 0.423 e. The summed E-state index contributed by atoms with van der Waals surface area (Å²) in [6, 6.07) is 25.0. The largest absolute Gasteiger partial charge is 0.425 e. The highest BCUT2D eigenvalue weighted by Crippen LogP contribution is 2.29. The third kappa shape index (κ3) is 8.60. The first kappa shape index (κ1) is 33.3. The van der Waals surface area contributed by atoms with E-state index in [9.17, 15) is 9.59 Å². The molecule has 0 saturated carbocycles. The number of benzene rings is 3. The zero-order valence-electron chi connectivity index (χ0n) is 27.8. The van der Waals surface area contributed by atoms with Gasteiger partial charge in [-0.1, -0.05) is 106 Å². The van der Waals surface area contributed by atoms with Crippen LogP contribution in [0.15, 0.2) is 82.0 Å². The maximum atomic E-state index is 13.1. The number of fused-ring (bicyclic) bond motifs is 1. The topological polar surface area (TPSA) is 71.2 Å². The van der Waals surface area contributed by atoms with Crippen molar-refractivity contribution < 1.29 is 13.9 Å². The monoisotopic (exact) mass is 626 g/mol. The lowest BCUT2D eigenvalue weighted by molar-refractivity contribution is 0.0420. The molecule has 1 fully saturated rings. The first-order valence-electron chi connectivity index (χ1n) is 17.1. The lowest BCUT2D eigenvalue weighted by Crippen LogP contribution is -2.46. The van der Waals surface area contributed by atoms with Crippen LogP contribution in [0.3, 0.4) is 0 Å². The second-order valence-corrected chi connectivity index (χ2v) is 12.6. The van der Waals surface area contributed by atoms with Gasteiger partial charge in [0, 0.05) is 46.3 Å². The number of ether oxygens (including phenoxy) is 1. The number of hydrogen-bond donors (Lipinski definition) is 0. The standard InChI is InChI=1S/C38H50N4O4/c1-4-5-6-7-8-9-10-14-23-39(3)37(43)45-30(2)42-35-22-16-21-34(36(35)46-38(42)44)41-26-24-40(25-27-41)29-31-17-15-20-33(28-31)32-18-12-11-13-19-32/h11-13,15-22,28,30H,4-10,14,23-27,29H2,1-3H3. The van der Waals surface area contributed by atoms with Gasteiger partial charge in [-0.2, -0.15) is 0 Å². The molecule has 46 heavy (non-hydrogen) atoms. The van der Waals surface area contributed by atoms with E-state index in [2.05, 4.69) is 65.3 Å². The van der Waals surface area contributed by atoms with Crippen molar-refractivity contribution in [2.75, 3.05) is 44.7 Å². The molecule has 0 bridgehead atoms. The molecule has 8 nitrogen and oxygen atoms in total. The molecular formula is C38H50N4O4. The van der Waals surface area contributed by atoms with Gasteiger partial charge >= 0.3 is 11.8 Å². The average Bonchev–Trinajstić information content (AvgIpc) is 3.42. The van der Waals surface area contributed by atoms with Crippen LogP contribution in [0.4, 0.5) is 10.5 Å². The summed E-state index contributed by atoms with van der Waals surface area (Å²) in [5.41, 5.74) is 5.82. The van der Waals surface area contributed by atoms with Gasteiger partial charge in [-0.05, 0) is 48.2 Å². The van der Waals surface area contributed by atoms with Crippen LogP contribution in [0.5, 0.6) is 0 Å². The van der Waals surface area contributed by atoms with E-state index in [1.165, 1.54) is 59.8 Å². The highest BCUT2D eigenvalue weighted by molar-refractivity contribution is 5.87. The zero-order valence-corrected chi connectivity index (χ0v) is 27.8. The second kappa shape index (κ2) is 16.5. The fourth-order valence-electron chi connectivity index (χ4n) is 6.38. The Labute approximate surface area is 273 Å². The Morgan fingerprint density at radius 3 is 2.26 bits per heavy atom. The molecule has 5 rings (SSSR count). The molecule has 1 saturated heterocycles. The van der Waals surface area contributed by atoms with E-state index in [0.29, 0.717) is 17.6 Å². The summed E-state index contributed by atoms with van der Waals surface area (Å²) in [5.74, 6) is -0.523. The van der Waals surface area contributed by atoms with Gasteiger partial charge in [0.2, 0.25) is 0 Å². The molecule has 0 N–H and O–H groups in total. The predicted molar refractivity (Wildman–Crippen MR) is 186 cm³/mol. The Balaban J connectivity index is 1.15. The van der Waals surface area contributed by atoms with Crippen LogP contribution in [-0.2, 0) is 11.3 Å². The number of rotatable bonds is 15. The van der Waals surface area contributed by atoms with E-state index in [-0.39, 0.29) is 0 Å². The third-order valence-corrected chi connectivity index (χ3v) is 9.07. The van der Waals surface area contributed by atoms with E-state index in [4.69, 9.17) is 9.15 Å². The van der Waals surface area contributed by atoms with Crippen LogP contribution in [0, 0.1) is 0 Å². The molecule has 0 radical (unpaired) electrons. The van der Waals surface area contributed by atoms with Gasteiger partial charge in [0.1, 0.15) is 0 Å². The summed E-state index contributed by atoms with van der Waals surface area (Å²) >= 11 is 0. The van der Waals surface area contributed by atoms with E-state index in [1.54, 1.807) is 18.9 Å². The Kier molecular flexibility index (Phi) is 12.0. The number of anilines is 1. The first-order chi connectivity index (χ1) is 22.4. The molecular weight excluding hydrogens is 576 g/mol. The van der Waals surface area contributed by atoms with Crippen LogP contribution < -0.4 is 10.7 Å². The van der Waals surface area contributed by atoms with Crippen molar-refractivity contribution in [1.82, 2.24) is 14.4 Å². The Morgan fingerprint density at radius 2 is 1.52 bits per heavy atom. The van der Waals surface area contributed by atoms with Crippen molar-refractivity contribution in [3.63, 3.8) is 0 Å². The quantitative estimate of drug-likeness (QED) is 0.124. The number of para-hydroxylation sites is 1. The number of nitrogens with zero attached hydrogens (tertiary/aromatic N) is 4. The van der Waals surface area contributed by atoms with Gasteiger partial charge in [-0.3, -0.25) is 4.90 Å². The number of piperazine rings is 1. The van der Waals surface area contributed by atoms with Crippen molar-refractivity contribution in [2.45, 2.75) is 78.0 Å². The summed E-state index contributed by atoms with van der Waals surface area (Å²) in [6.07, 6.45) is 8.44. The van der Waals surface area contributed by atoms with Crippen LogP contribution in [0.1, 0.15) is 77.0 Å². The normalized spacial score (nSPS) is 14.5. The Bertz CT molecular complexity index is 1590. The molecule has 4 aromatic rings. The maximum absolute atomic E-state index is 13.1. The highest BCUT2D eigenvalue weighted by atomic mass is 16.6. The lowest BCUT2D eigenvalue weighted by Gasteiger charge is -2.36. The molecule has 1 aromatic heterocycles. The van der Waals surface area contributed by atoms with E-state index in [0.717, 1.165) is 51.3 Å². The summed E-state index contributed by atoms with van der Waals surface area (Å²) in [6.45, 7) is 8.91. The third-order valence-electron chi connectivity index (χ3n) is 9.07. The van der Waals surface area contributed by atoms with Gasteiger partial charge in [-0.15, -0.1) is 0 Å². The lowest BCUT2D eigenvalue weighted by atomic mass is 10.0. The number of amides is 1. The summed E-state index contributed by atoms with van der Waals surface area (Å²) < 4.78 is 13.0. The maximum Gasteiger partial charge on any atom is 0.423 e. The highest BCUT2D eigenvalue weighted by Gasteiger charge is 2.25. The molecule has 1 atom stereocenters. The van der Waals surface area contributed by atoms with Crippen molar-refractivity contribution in [1.29, 1.82) is 0 Å².